The summed E-state index contributed by atoms with van der Waals surface area (Å²) in [7, 11) is 0. The molecule has 0 unspecified atom stereocenters. The molecule has 3 aliphatic rings. The molecule has 1 aromatic rings. The smallest absolute Gasteiger partial charge is 0.222 e. The van der Waals surface area contributed by atoms with Crippen molar-refractivity contribution >= 4 is 11.8 Å². The third-order valence-electron chi connectivity index (χ3n) is 5.25. The quantitative estimate of drug-likeness (QED) is 0.855. The van der Waals surface area contributed by atoms with Crippen molar-refractivity contribution in [1.82, 2.24) is 14.9 Å². The van der Waals surface area contributed by atoms with Crippen LogP contribution in [0.4, 0.5) is 11.8 Å². The van der Waals surface area contributed by atoms with Crippen LogP contribution in [0.25, 0.3) is 0 Å². The lowest BCUT2D eigenvalue weighted by Gasteiger charge is -2.36. The second kappa shape index (κ2) is 5.66. The van der Waals surface area contributed by atoms with E-state index in [1.165, 1.54) is 19.4 Å². The number of nitrogens with zero attached hydrogens (tertiary/aromatic N) is 4. The zero-order valence-electron chi connectivity index (χ0n) is 13.1. The Labute approximate surface area is 131 Å². The Kier molecular flexibility index (Phi) is 3.66. The highest BCUT2D eigenvalue weighted by molar-refractivity contribution is 5.45. The van der Waals surface area contributed by atoms with E-state index in [0.29, 0.717) is 17.9 Å². The van der Waals surface area contributed by atoms with Gasteiger partial charge in [-0.05, 0) is 31.6 Å². The Morgan fingerprint density at radius 1 is 1.09 bits per heavy atom. The van der Waals surface area contributed by atoms with E-state index in [1.807, 2.05) is 0 Å². The predicted molar refractivity (Wildman–Crippen MR) is 87.8 cm³/mol. The monoisotopic (exact) mass is 302 g/mol. The van der Waals surface area contributed by atoms with E-state index in [4.69, 9.17) is 11.5 Å². The van der Waals surface area contributed by atoms with Gasteiger partial charge in [0.05, 0.1) is 5.69 Å². The molecular weight excluding hydrogens is 276 g/mol. The first kappa shape index (κ1) is 14.2. The van der Waals surface area contributed by atoms with Crippen molar-refractivity contribution in [3.8, 4) is 0 Å². The third-order valence-corrected chi connectivity index (χ3v) is 5.25. The highest BCUT2D eigenvalue weighted by Crippen LogP contribution is 2.36. The molecule has 6 nitrogen and oxygen atoms in total. The summed E-state index contributed by atoms with van der Waals surface area (Å²) in [5.41, 5.74) is 12.9. The standard InChI is InChI=1S/C16H26N6/c17-13-7-12(8-13)14-9-15(20-16(18)19-14)22-5-3-21(4-6-22)10-11-1-2-11/h9,11-13H,1-8,10,17H2,(H2,18,19,20). The van der Waals surface area contributed by atoms with Gasteiger partial charge in [-0.25, -0.2) is 4.98 Å². The van der Waals surface area contributed by atoms with E-state index < -0.39 is 0 Å². The first-order valence-electron chi connectivity index (χ1n) is 8.54. The normalized spacial score (nSPS) is 29.4. The van der Waals surface area contributed by atoms with Crippen molar-refractivity contribution < 1.29 is 0 Å². The van der Waals surface area contributed by atoms with Crippen LogP contribution in [0.3, 0.4) is 0 Å². The molecule has 120 valence electrons. The van der Waals surface area contributed by atoms with Crippen molar-refractivity contribution in [2.24, 2.45) is 11.7 Å². The van der Waals surface area contributed by atoms with Gasteiger partial charge < -0.3 is 16.4 Å². The first-order valence-corrected chi connectivity index (χ1v) is 8.54. The van der Waals surface area contributed by atoms with Crippen LogP contribution in [0.5, 0.6) is 0 Å². The van der Waals surface area contributed by atoms with Gasteiger partial charge in [-0.15, -0.1) is 0 Å². The summed E-state index contributed by atoms with van der Waals surface area (Å²) in [5.74, 6) is 2.83. The second-order valence-corrected chi connectivity index (χ2v) is 7.17. The van der Waals surface area contributed by atoms with Crippen LogP contribution < -0.4 is 16.4 Å². The number of hydrogen-bond acceptors (Lipinski definition) is 6. The Balaban J connectivity index is 1.41. The summed E-state index contributed by atoms with van der Waals surface area (Å²) in [4.78, 5) is 13.8. The number of aromatic nitrogens is 2. The SMILES string of the molecule is Nc1nc(C2CC(N)C2)cc(N2CCN(CC3CC3)CC2)n1. The van der Waals surface area contributed by atoms with E-state index in [-0.39, 0.29) is 0 Å². The molecule has 0 bridgehead atoms. The van der Waals surface area contributed by atoms with E-state index in [0.717, 1.165) is 56.5 Å². The van der Waals surface area contributed by atoms with Crippen LogP contribution >= 0.6 is 0 Å². The molecule has 0 amide bonds. The van der Waals surface area contributed by atoms with Crippen molar-refractivity contribution in [2.75, 3.05) is 43.4 Å². The number of rotatable bonds is 4. The molecule has 3 fully saturated rings. The fraction of sp³-hybridized carbons (Fsp3) is 0.750. The Hall–Kier alpha value is -1.40. The number of nitrogens with two attached hydrogens (primary N) is 2. The molecule has 4 rings (SSSR count). The van der Waals surface area contributed by atoms with Crippen molar-refractivity contribution in [2.45, 2.75) is 37.6 Å². The molecule has 1 aromatic heterocycles. The molecule has 0 radical (unpaired) electrons. The molecule has 1 aliphatic heterocycles. The lowest BCUT2D eigenvalue weighted by Crippen LogP contribution is -2.47. The minimum Gasteiger partial charge on any atom is -0.368 e. The van der Waals surface area contributed by atoms with Gasteiger partial charge in [-0.1, -0.05) is 0 Å². The summed E-state index contributed by atoms with van der Waals surface area (Å²) < 4.78 is 0. The van der Waals surface area contributed by atoms with E-state index in [2.05, 4.69) is 25.8 Å². The molecular formula is C16H26N6. The fourth-order valence-electron chi connectivity index (χ4n) is 3.57. The summed E-state index contributed by atoms with van der Waals surface area (Å²) >= 11 is 0. The van der Waals surface area contributed by atoms with E-state index in [1.54, 1.807) is 0 Å². The Morgan fingerprint density at radius 3 is 2.45 bits per heavy atom. The van der Waals surface area contributed by atoms with Gasteiger partial charge in [0.1, 0.15) is 5.82 Å². The lowest BCUT2D eigenvalue weighted by atomic mass is 9.78. The van der Waals surface area contributed by atoms with Gasteiger partial charge in [-0.3, -0.25) is 4.90 Å². The molecule has 2 heterocycles. The van der Waals surface area contributed by atoms with Gasteiger partial charge in [0, 0.05) is 50.7 Å². The molecule has 4 N–H and O–H groups in total. The molecule has 2 aliphatic carbocycles. The first-order chi connectivity index (χ1) is 10.7. The maximum absolute atomic E-state index is 5.93. The lowest BCUT2D eigenvalue weighted by molar-refractivity contribution is 0.247. The minimum atomic E-state index is 0.329. The molecule has 1 saturated heterocycles. The second-order valence-electron chi connectivity index (χ2n) is 7.17. The van der Waals surface area contributed by atoms with Crippen LogP contribution in [-0.4, -0.2) is 53.6 Å². The topological polar surface area (TPSA) is 84.3 Å². The maximum atomic E-state index is 5.93. The van der Waals surface area contributed by atoms with Crippen LogP contribution in [0.15, 0.2) is 6.07 Å². The minimum absolute atomic E-state index is 0.329. The van der Waals surface area contributed by atoms with Crippen LogP contribution in [0, 0.1) is 5.92 Å². The maximum Gasteiger partial charge on any atom is 0.222 e. The molecule has 6 heteroatoms. The van der Waals surface area contributed by atoms with Crippen LogP contribution in [0.2, 0.25) is 0 Å². The van der Waals surface area contributed by atoms with Gasteiger partial charge >= 0.3 is 0 Å². The summed E-state index contributed by atoms with van der Waals surface area (Å²) in [6.07, 6.45) is 4.89. The van der Waals surface area contributed by atoms with E-state index >= 15 is 0 Å². The van der Waals surface area contributed by atoms with Crippen molar-refractivity contribution in [3.63, 3.8) is 0 Å². The van der Waals surface area contributed by atoms with Gasteiger partial charge in [0.2, 0.25) is 5.95 Å². The average molecular weight is 302 g/mol. The highest BCUT2D eigenvalue weighted by atomic mass is 15.3. The fourth-order valence-corrected chi connectivity index (χ4v) is 3.57. The largest absolute Gasteiger partial charge is 0.368 e. The summed E-state index contributed by atoms with van der Waals surface area (Å²) in [5, 5.41) is 0. The average Bonchev–Trinajstić information content (AvgIpc) is 3.28. The zero-order chi connectivity index (χ0) is 15.1. The number of anilines is 2. The van der Waals surface area contributed by atoms with Crippen LogP contribution in [0.1, 0.15) is 37.3 Å². The molecule has 22 heavy (non-hydrogen) atoms. The van der Waals surface area contributed by atoms with Gasteiger partial charge in [0.15, 0.2) is 0 Å². The molecule has 0 spiro atoms. The number of piperazine rings is 1. The van der Waals surface area contributed by atoms with Gasteiger partial charge in [0.25, 0.3) is 0 Å². The van der Waals surface area contributed by atoms with Crippen molar-refractivity contribution in [1.29, 1.82) is 0 Å². The number of hydrogen-bond donors (Lipinski definition) is 2. The Bertz CT molecular complexity index is 529. The molecule has 2 saturated carbocycles. The third kappa shape index (κ3) is 3.03. The molecule has 0 aromatic carbocycles. The van der Waals surface area contributed by atoms with E-state index in [9.17, 15) is 0 Å². The molecule has 0 atom stereocenters. The Morgan fingerprint density at radius 2 is 1.82 bits per heavy atom. The highest BCUT2D eigenvalue weighted by Gasteiger charge is 2.30. The number of nitrogen functional groups attached to an aromatic ring is 1. The van der Waals surface area contributed by atoms with Gasteiger partial charge in [-0.2, -0.15) is 4.98 Å². The van der Waals surface area contributed by atoms with Crippen LogP contribution in [-0.2, 0) is 0 Å². The predicted octanol–water partition coefficient (Wildman–Crippen LogP) is 0.795. The summed E-state index contributed by atoms with van der Waals surface area (Å²) in [6.45, 7) is 5.61. The zero-order valence-corrected chi connectivity index (χ0v) is 13.1. The summed E-state index contributed by atoms with van der Waals surface area (Å²) in [6, 6.07) is 2.46. The van der Waals surface area contributed by atoms with Crippen molar-refractivity contribution in [3.05, 3.63) is 11.8 Å².